The van der Waals surface area contributed by atoms with Gasteiger partial charge in [-0.3, -0.25) is 0 Å². The standard InChI is InChI=1S/C14H15F2N3/c1-2-5-17-7-10-8-18-14(19-9-10)11-3-4-12(15)13(16)6-11/h3-4,6,8-9,17H,2,5,7H2,1H3. The smallest absolute Gasteiger partial charge is 0.159 e. The van der Waals surface area contributed by atoms with Crippen molar-refractivity contribution >= 4 is 0 Å². The maximum atomic E-state index is 13.1. The first-order valence-electron chi connectivity index (χ1n) is 6.17. The highest BCUT2D eigenvalue weighted by molar-refractivity contribution is 5.54. The van der Waals surface area contributed by atoms with Gasteiger partial charge in [-0.2, -0.15) is 0 Å². The van der Waals surface area contributed by atoms with E-state index in [-0.39, 0.29) is 0 Å². The van der Waals surface area contributed by atoms with Crippen LogP contribution in [0, 0.1) is 11.6 Å². The van der Waals surface area contributed by atoms with Gasteiger partial charge in [-0.1, -0.05) is 6.92 Å². The largest absolute Gasteiger partial charge is 0.313 e. The summed E-state index contributed by atoms with van der Waals surface area (Å²) in [7, 11) is 0. The van der Waals surface area contributed by atoms with Crippen molar-refractivity contribution in [3.05, 3.63) is 47.8 Å². The minimum Gasteiger partial charge on any atom is -0.313 e. The third-order valence-electron chi connectivity index (χ3n) is 2.64. The van der Waals surface area contributed by atoms with Gasteiger partial charge in [0, 0.05) is 30.1 Å². The van der Waals surface area contributed by atoms with Crippen LogP contribution in [0.15, 0.2) is 30.6 Å². The molecule has 100 valence electrons. The van der Waals surface area contributed by atoms with Crippen LogP contribution < -0.4 is 5.32 Å². The average molecular weight is 263 g/mol. The first-order chi connectivity index (χ1) is 9.20. The Balaban J connectivity index is 2.11. The third-order valence-corrected chi connectivity index (χ3v) is 2.64. The molecule has 0 aliphatic carbocycles. The van der Waals surface area contributed by atoms with Crippen molar-refractivity contribution in [3.63, 3.8) is 0 Å². The molecule has 0 saturated heterocycles. The zero-order valence-corrected chi connectivity index (χ0v) is 10.7. The molecule has 19 heavy (non-hydrogen) atoms. The fraction of sp³-hybridized carbons (Fsp3) is 0.286. The molecule has 0 atom stereocenters. The summed E-state index contributed by atoms with van der Waals surface area (Å²) in [6, 6.07) is 3.63. The predicted octanol–water partition coefficient (Wildman–Crippen LogP) is 2.92. The van der Waals surface area contributed by atoms with Crippen molar-refractivity contribution in [3.8, 4) is 11.4 Å². The van der Waals surface area contributed by atoms with Gasteiger partial charge in [0.05, 0.1) is 0 Å². The summed E-state index contributed by atoms with van der Waals surface area (Å²) in [5, 5.41) is 3.24. The molecule has 0 saturated carbocycles. The molecule has 5 heteroatoms. The zero-order valence-electron chi connectivity index (χ0n) is 10.7. The Morgan fingerprint density at radius 2 is 1.84 bits per heavy atom. The van der Waals surface area contributed by atoms with Gasteiger partial charge in [0.25, 0.3) is 0 Å². The van der Waals surface area contributed by atoms with Crippen LogP contribution in [0.4, 0.5) is 8.78 Å². The Labute approximate surface area is 110 Å². The number of nitrogens with one attached hydrogen (secondary N) is 1. The highest BCUT2D eigenvalue weighted by Crippen LogP contribution is 2.17. The van der Waals surface area contributed by atoms with Crippen molar-refractivity contribution < 1.29 is 8.78 Å². The number of hydrogen-bond acceptors (Lipinski definition) is 3. The number of rotatable bonds is 5. The lowest BCUT2D eigenvalue weighted by atomic mass is 10.2. The molecule has 2 rings (SSSR count). The van der Waals surface area contributed by atoms with Crippen LogP contribution in [-0.4, -0.2) is 16.5 Å². The van der Waals surface area contributed by atoms with Gasteiger partial charge in [0.2, 0.25) is 0 Å². The number of aromatic nitrogens is 2. The minimum atomic E-state index is -0.894. The van der Waals surface area contributed by atoms with Crippen molar-refractivity contribution in [1.82, 2.24) is 15.3 Å². The number of benzene rings is 1. The van der Waals surface area contributed by atoms with E-state index in [9.17, 15) is 8.78 Å². The molecule has 3 nitrogen and oxygen atoms in total. The summed E-state index contributed by atoms with van der Waals surface area (Å²) < 4.78 is 25.9. The fourth-order valence-electron chi connectivity index (χ4n) is 1.64. The van der Waals surface area contributed by atoms with E-state index in [0.717, 1.165) is 30.7 Å². The van der Waals surface area contributed by atoms with E-state index in [2.05, 4.69) is 22.2 Å². The monoisotopic (exact) mass is 263 g/mol. The lowest BCUT2D eigenvalue weighted by Crippen LogP contribution is -2.14. The summed E-state index contributed by atoms with van der Waals surface area (Å²) in [5.41, 5.74) is 1.42. The van der Waals surface area contributed by atoms with Gasteiger partial charge in [-0.25, -0.2) is 18.7 Å². The van der Waals surface area contributed by atoms with Gasteiger partial charge < -0.3 is 5.32 Å². The Hall–Kier alpha value is -1.88. The van der Waals surface area contributed by atoms with E-state index in [1.54, 1.807) is 12.4 Å². The van der Waals surface area contributed by atoms with E-state index in [4.69, 9.17) is 0 Å². The summed E-state index contributed by atoms with van der Waals surface area (Å²) in [6.45, 7) is 3.73. The molecule has 0 aliphatic heterocycles. The quantitative estimate of drug-likeness (QED) is 0.843. The van der Waals surface area contributed by atoms with Gasteiger partial charge in [-0.05, 0) is 31.2 Å². The van der Waals surface area contributed by atoms with Crippen LogP contribution in [0.25, 0.3) is 11.4 Å². The van der Waals surface area contributed by atoms with E-state index in [1.807, 2.05) is 0 Å². The summed E-state index contributed by atoms with van der Waals surface area (Å²) >= 11 is 0. The van der Waals surface area contributed by atoms with E-state index in [1.165, 1.54) is 6.07 Å². The maximum absolute atomic E-state index is 13.1. The highest BCUT2D eigenvalue weighted by Gasteiger charge is 2.06. The Morgan fingerprint density at radius 3 is 2.47 bits per heavy atom. The van der Waals surface area contributed by atoms with E-state index in [0.29, 0.717) is 17.9 Å². The van der Waals surface area contributed by atoms with Crippen LogP contribution in [0.1, 0.15) is 18.9 Å². The molecule has 1 heterocycles. The van der Waals surface area contributed by atoms with Crippen LogP contribution in [-0.2, 0) is 6.54 Å². The number of halogens is 2. The van der Waals surface area contributed by atoms with E-state index < -0.39 is 11.6 Å². The van der Waals surface area contributed by atoms with Crippen molar-refractivity contribution in [2.75, 3.05) is 6.54 Å². The highest BCUT2D eigenvalue weighted by atomic mass is 19.2. The summed E-state index contributed by atoms with van der Waals surface area (Å²) in [6.07, 6.45) is 4.44. The third kappa shape index (κ3) is 3.54. The zero-order chi connectivity index (χ0) is 13.7. The van der Waals surface area contributed by atoms with Gasteiger partial charge in [-0.15, -0.1) is 0 Å². The number of hydrogen-bond donors (Lipinski definition) is 1. The first kappa shape index (κ1) is 13.5. The van der Waals surface area contributed by atoms with Gasteiger partial charge >= 0.3 is 0 Å². The first-order valence-corrected chi connectivity index (χ1v) is 6.17. The van der Waals surface area contributed by atoms with Crippen molar-refractivity contribution in [2.24, 2.45) is 0 Å². The van der Waals surface area contributed by atoms with Gasteiger partial charge in [0.15, 0.2) is 17.5 Å². The second-order valence-corrected chi connectivity index (χ2v) is 4.22. The molecule has 0 aliphatic rings. The van der Waals surface area contributed by atoms with E-state index >= 15 is 0 Å². The average Bonchev–Trinajstić information content (AvgIpc) is 2.43. The molecule has 0 fully saturated rings. The molecule has 0 amide bonds. The molecule has 1 N–H and O–H groups in total. The van der Waals surface area contributed by atoms with Crippen LogP contribution in [0.5, 0.6) is 0 Å². The number of nitrogens with zero attached hydrogens (tertiary/aromatic N) is 2. The Morgan fingerprint density at radius 1 is 1.11 bits per heavy atom. The minimum absolute atomic E-state index is 0.387. The molecule has 0 bridgehead atoms. The topological polar surface area (TPSA) is 37.8 Å². The lowest BCUT2D eigenvalue weighted by molar-refractivity contribution is 0.509. The lowest BCUT2D eigenvalue weighted by Gasteiger charge is -2.04. The molecule has 1 aromatic heterocycles. The maximum Gasteiger partial charge on any atom is 0.159 e. The molecule has 0 unspecified atom stereocenters. The molecule has 0 radical (unpaired) electrons. The van der Waals surface area contributed by atoms with Crippen LogP contribution in [0.3, 0.4) is 0 Å². The Bertz CT molecular complexity index is 541. The van der Waals surface area contributed by atoms with Crippen LogP contribution in [0.2, 0.25) is 0 Å². The van der Waals surface area contributed by atoms with Gasteiger partial charge in [0.1, 0.15) is 0 Å². The van der Waals surface area contributed by atoms with Crippen LogP contribution >= 0.6 is 0 Å². The summed E-state index contributed by atoms with van der Waals surface area (Å²) in [4.78, 5) is 8.32. The fourth-order valence-corrected chi connectivity index (χ4v) is 1.64. The normalized spacial score (nSPS) is 10.7. The molecular weight excluding hydrogens is 248 g/mol. The molecule has 1 aromatic carbocycles. The molecular formula is C14H15F2N3. The predicted molar refractivity (Wildman–Crippen MR) is 69.4 cm³/mol. The molecule has 2 aromatic rings. The SMILES string of the molecule is CCCNCc1cnc(-c2ccc(F)c(F)c2)nc1. The summed E-state index contributed by atoms with van der Waals surface area (Å²) in [5.74, 6) is -1.38. The van der Waals surface area contributed by atoms with Crippen molar-refractivity contribution in [2.45, 2.75) is 19.9 Å². The van der Waals surface area contributed by atoms with Crippen molar-refractivity contribution in [1.29, 1.82) is 0 Å². The second-order valence-electron chi connectivity index (χ2n) is 4.22. The molecule has 0 spiro atoms. The Kier molecular flexibility index (Phi) is 4.52. The second kappa shape index (κ2) is 6.33.